The van der Waals surface area contributed by atoms with Crippen molar-refractivity contribution in [1.82, 2.24) is 10.6 Å². The lowest BCUT2D eigenvalue weighted by molar-refractivity contribution is -0.144. The number of carbonyl (C=O) groups is 3. The summed E-state index contributed by atoms with van der Waals surface area (Å²) in [6.07, 6.45) is 37.5. The highest BCUT2D eigenvalue weighted by Crippen LogP contribution is 2.40. The van der Waals surface area contributed by atoms with Crippen LogP contribution in [0.2, 0.25) is 0 Å². The van der Waals surface area contributed by atoms with Crippen LogP contribution in [0.5, 0.6) is 0 Å². The maximum absolute atomic E-state index is 12.3. The Morgan fingerprint density at radius 2 is 1.42 bits per heavy atom. The minimum absolute atomic E-state index is 0.0428. The number of nitrogens with one attached hydrogen (secondary N) is 2. The zero-order valence-corrected chi connectivity index (χ0v) is 37.5. The van der Waals surface area contributed by atoms with Crippen LogP contribution in [0.25, 0.3) is 0 Å². The number of amides is 2. The van der Waals surface area contributed by atoms with Crippen LogP contribution in [-0.2, 0) is 32.7 Å². The van der Waals surface area contributed by atoms with Gasteiger partial charge in [0.2, 0.25) is 11.8 Å². The fourth-order valence-electron chi connectivity index (χ4n) is 6.63. The average Bonchev–Trinajstić information content (AvgIpc) is 3.16. The molecular formula is C47H78N2O7P+. The number of ether oxygens (including phenoxy) is 1. The summed E-state index contributed by atoms with van der Waals surface area (Å²) in [4.78, 5) is 36.3. The van der Waals surface area contributed by atoms with Gasteiger partial charge in [0.25, 0.3) is 0 Å². The van der Waals surface area contributed by atoms with Gasteiger partial charge in [-0.25, -0.2) is 0 Å². The maximum atomic E-state index is 12.3. The van der Waals surface area contributed by atoms with Crippen LogP contribution in [0.4, 0.5) is 0 Å². The summed E-state index contributed by atoms with van der Waals surface area (Å²) in [5.41, 5.74) is 5.10. The summed E-state index contributed by atoms with van der Waals surface area (Å²) in [5, 5.41) is 5.52. The molecule has 0 aliphatic heterocycles. The van der Waals surface area contributed by atoms with Gasteiger partial charge in [-0.05, 0) is 95.1 Å². The Kier molecular flexibility index (Phi) is 30.8. The summed E-state index contributed by atoms with van der Waals surface area (Å²) in [6.45, 7) is 14.0. The van der Waals surface area contributed by atoms with Crippen molar-refractivity contribution in [2.75, 3.05) is 32.9 Å². The Bertz CT molecular complexity index is 1360. The van der Waals surface area contributed by atoms with Gasteiger partial charge in [-0.2, -0.15) is 0 Å². The van der Waals surface area contributed by atoms with Crippen LogP contribution in [-0.4, -0.2) is 50.7 Å². The van der Waals surface area contributed by atoms with Crippen molar-refractivity contribution >= 4 is 26.0 Å². The predicted molar refractivity (Wildman–Crippen MR) is 236 cm³/mol. The van der Waals surface area contributed by atoms with E-state index >= 15 is 0 Å². The number of carbonyl (C=O) groups excluding carboxylic acids is 3. The van der Waals surface area contributed by atoms with E-state index in [2.05, 4.69) is 69.6 Å². The third-order valence-corrected chi connectivity index (χ3v) is 10.8. The van der Waals surface area contributed by atoms with Gasteiger partial charge >= 0.3 is 14.2 Å². The Morgan fingerprint density at radius 3 is 2.12 bits per heavy atom. The van der Waals surface area contributed by atoms with Crippen molar-refractivity contribution in [2.45, 2.75) is 170 Å². The van der Waals surface area contributed by atoms with Gasteiger partial charge < -0.3 is 15.4 Å². The molecule has 0 spiro atoms. The lowest BCUT2D eigenvalue weighted by Gasteiger charge is -2.32. The lowest BCUT2D eigenvalue weighted by atomic mass is 9.72. The second-order valence-corrected chi connectivity index (χ2v) is 16.9. The monoisotopic (exact) mass is 814 g/mol. The molecule has 0 saturated heterocycles. The first kappa shape index (κ1) is 51.9. The van der Waals surface area contributed by atoms with E-state index in [4.69, 9.17) is 13.8 Å². The van der Waals surface area contributed by atoms with E-state index in [9.17, 15) is 18.9 Å². The first-order valence-corrected chi connectivity index (χ1v) is 23.0. The standard InChI is InChI=1S/C47H77N2O7P/c1-7-8-9-10-11-12-13-14-15-16-17-18-19-20-21-30-46(52)54-36-25-37-55-57(53)56-38-35-49-44(50)29-24-34-48-45(51)39-41(3)27-22-26-40(2)31-32-43-42(4)28-23-33-47(43,5)6/h14-15,22,26-27,31-32,39H,7-13,16-21,23-25,28-30,33-38H2,1-6H3,(H-,48,49,50,51)/p+1/b15-14-,27-22+,32-31+,40-26+,41-39+. The van der Waals surface area contributed by atoms with Crippen molar-refractivity contribution in [3.63, 3.8) is 0 Å². The molecule has 0 aromatic heterocycles. The predicted octanol–water partition coefficient (Wildman–Crippen LogP) is 12.2. The van der Waals surface area contributed by atoms with E-state index in [-0.39, 0.29) is 56.0 Å². The van der Waals surface area contributed by atoms with E-state index in [1.807, 2.05) is 25.2 Å². The largest absolute Gasteiger partial charge is 0.697 e. The third-order valence-electron chi connectivity index (χ3n) is 10.0. The molecule has 1 aliphatic rings. The molecule has 1 atom stereocenters. The molecule has 57 heavy (non-hydrogen) atoms. The molecule has 0 aromatic carbocycles. The van der Waals surface area contributed by atoms with Gasteiger partial charge in [0.1, 0.15) is 13.2 Å². The number of hydrogen-bond acceptors (Lipinski definition) is 7. The molecule has 2 N–H and O–H groups in total. The van der Waals surface area contributed by atoms with Crippen LogP contribution < -0.4 is 10.6 Å². The van der Waals surface area contributed by atoms with Crippen molar-refractivity contribution in [1.29, 1.82) is 0 Å². The van der Waals surface area contributed by atoms with Crippen molar-refractivity contribution < 1.29 is 32.7 Å². The van der Waals surface area contributed by atoms with Crippen LogP contribution in [0.1, 0.15) is 170 Å². The second kappa shape index (κ2) is 33.8. The van der Waals surface area contributed by atoms with Crippen LogP contribution in [0, 0.1) is 5.41 Å². The van der Waals surface area contributed by atoms with Crippen molar-refractivity contribution in [3.8, 4) is 0 Å². The van der Waals surface area contributed by atoms with Gasteiger partial charge in [0.15, 0.2) is 0 Å². The summed E-state index contributed by atoms with van der Waals surface area (Å²) in [6, 6.07) is 0. The molecule has 10 heteroatoms. The van der Waals surface area contributed by atoms with Crippen LogP contribution in [0.15, 0.2) is 70.9 Å². The fourth-order valence-corrected chi connectivity index (χ4v) is 7.22. The van der Waals surface area contributed by atoms with E-state index in [0.717, 1.165) is 36.8 Å². The van der Waals surface area contributed by atoms with Gasteiger partial charge in [-0.1, -0.05) is 126 Å². The summed E-state index contributed by atoms with van der Waals surface area (Å²) < 4.78 is 27.4. The topological polar surface area (TPSA) is 120 Å². The molecule has 1 unspecified atom stereocenters. The van der Waals surface area contributed by atoms with E-state index in [1.54, 1.807) is 6.08 Å². The molecule has 322 valence electrons. The normalized spacial score (nSPS) is 15.2. The summed E-state index contributed by atoms with van der Waals surface area (Å²) in [7, 11) is -2.33. The molecule has 0 bridgehead atoms. The molecule has 0 aromatic rings. The van der Waals surface area contributed by atoms with Crippen molar-refractivity contribution in [3.05, 3.63) is 70.9 Å². The van der Waals surface area contributed by atoms with Gasteiger partial charge in [-0.15, -0.1) is 9.05 Å². The van der Waals surface area contributed by atoms with Crippen molar-refractivity contribution in [2.24, 2.45) is 5.41 Å². The molecule has 0 radical (unpaired) electrons. The van der Waals surface area contributed by atoms with Crippen LogP contribution in [0.3, 0.4) is 0 Å². The summed E-state index contributed by atoms with van der Waals surface area (Å²) in [5.74, 6) is -0.600. The van der Waals surface area contributed by atoms with Gasteiger partial charge in [-0.3, -0.25) is 14.4 Å². The zero-order chi connectivity index (χ0) is 42.0. The van der Waals surface area contributed by atoms with Crippen LogP contribution >= 0.6 is 8.25 Å². The molecule has 0 fully saturated rings. The Labute approximate surface area is 347 Å². The Balaban J connectivity index is 2.01. The number of esters is 1. The smallest absolute Gasteiger partial charge is 0.466 e. The van der Waals surface area contributed by atoms with E-state index in [1.165, 1.54) is 88.2 Å². The molecule has 2 amide bonds. The number of hydrogen-bond donors (Lipinski definition) is 2. The fraction of sp³-hybridized carbons (Fsp3) is 0.681. The molecule has 9 nitrogen and oxygen atoms in total. The second-order valence-electron chi connectivity index (χ2n) is 16.0. The highest BCUT2D eigenvalue weighted by Gasteiger charge is 2.26. The SMILES string of the molecule is CCCCCCCC/C=C\CCCCCCCC(=O)OCCCO[P+](=O)OCCNC(=O)CCCNC(=O)/C=C(C)/C=C/C=C(C)/C=C/C1=C(C)CCCC1(C)C. The molecule has 0 saturated carbocycles. The Morgan fingerprint density at radius 1 is 0.754 bits per heavy atom. The van der Waals surface area contributed by atoms with E-state index in [0.29, 0.717) is 25.8 Å². The molecule has 1 aliphatic carbocycles. The molecular weight excluding hydrogens is 735 g/mol. The highest BCUT2D eigenvalue weighted by molar-refractivity contribution is 7.33. The Hall–Kier alpha value is -3.13. The first-order valence-electron chi connectivity index (χ1n) is 21.9. The van der Waals surface area contributed by atoms with Gasteiger partial charge in [0.05, 0.1) is 6.61 Å². The number of rotatable bonds is 33. The lowest BCUT2D eigenvalue weighted by Crippen LogP contribution is -2.28. The molecule has 0 heterocycles. The zero-order valence-electron chi connectivity index (χ0n) is 36.6. The average molecular weight is 814 g/mol. The number of unbranched alkanes of at least 4 members (excludes halogenated alkanes) is 11. The first-order chi connectivity index (χ1) is 27.4. The quantitative estimate of drug-likeness (QED) is 0.0169. The van der Waals surface area contributed by atoms with Gasteiger partial charge in [0, 0.05) is 43.0 Å². The van der Waals surface area contributed by atoms with E-state index < -0.39 is 8.25 Å². The molecule has 1 rings (SSSR count). The maximum Gasteiger partial charge on any atom is 0.697 e. The third kappa shape index (κ3) is 29.7. The minimum Gasteiger partial charge on any atom is -0.466 e. The highest BCUT2D eigenvalue weighted by atomic mass is 31.1. The minimum atomic E-state index is -2.33. The summed E-state index contributed by atoms with van der Waals surface area (Å²) >= 11 is 0. The number of allylic oxidation sites excluding steroid dienone is 11.